The molecule has 0 saturated carbocycles. The second-order valence-corrected chi connectivity index (χ2v) is 2.94. The molecule has 0 aromatic heterocycles. The van der Waals surface area contributed by atoms with Crippen molar-refractivity contribution in [2.45, 2.75) is 6.92 Å². The van der Waals surface area contributed by atoms with E-state index in [-0.39, 0.29) is 5.97 Å². The van der Waals surface area contributed by atoms with Gasteiger partial charge < -0.3 is 4.74 Å². The molecular formula is C13H14O2. The van der Waals surface area contributed by atoms with Gasteiger partial charge in [-0.25, -0.2) is 4.79 Å². The zero-order valence-electron chi connectivity index (χ0n) is 8.72. The van der Waals surface area contributed by atoms with E-state index in [4.69, 9.17) is 4.74 Å². The SMILES string of the molecule is C/C=C/C(=O)OCC=Cc1ccccc1. The first-order valence-corrected chi connectivity index (χ1v) is 4.84. The van der Waals surface area contributed by atoms with E-state index in [1.807, 2.05) is 42.5 Å². The van der Waals surface area contributed by atoms with Gasteiger partial charge in [0.15, 0.2) is 0 Å². The first-order valence-electron chi connectivity index (χ1n) is 4.84. The van der Waals surface area contributed by atoms with Crippen molar-refractivity contribution in [2.24, 2.45) is 0 Å². The van der Waals surface area contributed by atoms with Gasteiger partial charge >= 0.3 is 5.97 Å². The van der Waals surface area contributed by atoms with Crippen LogP contribution in [0.5, 0.6) is 0 Å². The molecule has 0 heterocycles. The lowest BCUT2D eigenvalue weighted by Crippen LogP contribution is -1.99. The van der Waals surface area contributed by atoms with Gasteiger partial charge in [-0.3, -0.25) is 0 Å². The number of ether oxygens (including phenoxy) is 1. The molecule has 0 atom stereocenters. The normalized spacial score (nSPS) is 11.0. The molecule has 1 rings (SSSR count). The fraction of sp³-hybridized carbons (Fsp3) is 0.154. The first-order chi connectivity index (χ1) is 7.33. The zero-order chi connectivity index (χ0) is 10.9. The number of carbonyl (C=O) groups excluding carboxylic acids is 1. The largest absolute Gasteiger partial charge is 0.458 e. The monoisotopic (exact) mass is 202 g/mol. The minimum Gasteiger partial charge on any atom is -0.458 e. The van der Waals surface area contributed by atoms with Crippen molar-refractivity contribution in [3.8, 4) is 0 Å². The van der Waals surface area contributed by atoms with Gasteiger partial charge in [0.1, 0.15) is 6.61 Å². The molecule has 0 aliphatic carbocycles. The fourth-order valence-corrected chi connectivity index (χ4v) is 1.06. The molecule has 0 saturated heterocycles. The Morgan fingerprint density at radius 3 is 2.73 bits per heavy atom. The predicted molar refractivity (Wildman–Crippen MR) is 61.2 cm³/mol. The highest BCUT2D eigenvalue weighted by Crippen LogP contribution is 2.00. The van der Waals surface area contributed by atoms with E-state index in [9.17, 15) is 4.79 Å². The van der Waals surface area contributed by atoms with Crippen LogP contribution in [0.4, 0.5) is 0 Å². The van der Waals surface area contributed by atoms with Crippen LogP contribution in [0.2, 0.25) is 0 Å². The summed E-state index contributed by atoms with van der Waals surface area (Å²) in [5, 5.41) is 0. The molecule has 2 nitrogen and oxygen atoms in total. The van der Waals surface area contributed by atoms with Crippen LogP contribution in [0.3, 0.4) is 0 Å². The van der Waals surface area contributed by atoms with Gasteiger partial charge in [0.2, 0.25) is 0 Å². The topological polar surface area (TPSA) is 26.3 Å². The molecule has 1 aromatic carbocycles. The Morgan fingerprint density at radius 1 is 1.33 bits per heavy atom. The Labute approximate surface area is 89.9 Å². The maximum atomic E-state index is 10.9. The maximum Gasteiger partial charge on any atom is 0.330 e. The van der Waals surface area contributed by atoms with Crippen LogP contribution < -0.4 is 0 Å². The van der Waals surface area contributed by atoms with Crippen LogP contribution in [0.1, 0.15) is 12.5 Å². The summed E-state index contributed by atoms with van der Waals surface area (Å²) in [6.07, 6.45) is 6.79. The van der Waals surface area contributed by atoms with E-state index in [1.165, 1.54) is 6.08 Å². The van der Waals surface area contributed by atoms with Gasteiger partial charge in [-0.15, -0.1) is 0 Å². The maximum absolute atomic E-state index is 10.9. The van der Waals surface area contributed by atoms with E-state index in [1.54, 1.807) is 13.0 Å². The standard InChI is InChI=1S/C13H14O2/c1-2-7-13(14)15-11-6-10-12-8-4-3-5-9-12/h2-10H,11H2,1H3/b7-2+,10-6?. The Morgan fingerprint density at radius 2 is 2.07 bits per heavy atom. The summed E-state index contributed by atoms with van der Waals surface area (Å²) in [5.41, 5.74) is 1.10. The van der Waals surface area contributed by atoms with E-state index in [2.05, 4.69) is 0 Å². The quantitative estimate of drug-likeness (QED) is 0.554. The number of hydrogen-bond donors (Lipinski definition) is 0. The second-order valence-electron chi connectivity index (χ2n) is 2.94. The molecule has 1 aromatic rings. The van der Waals surface area contributed by atoms with Gasteiger partial charge in [0.25, 0.3) is 0 Å². The van der Waals surface area contributed by atoms with Gasteiger partial charge in [0, 0.05) is 6.08 Å². The fourth-order valence-electron chi connectivity index (χ4n) is 1.06. The molecule has 0 fully saturated rings. The van der Waals surface area contributed by atoms with Crippen molar-refractivity contribution in [2.75, 3.05) is 6.61 Å². The molecule has 0 spiro atoms. The average molecular weight is 202 g/mol. The Kier molecular flexibility index (Phi) is 4.95. The number of carbonyl (C=O) groups is 1. The Hall–Kier alpha value is -1.83. The van der Waals surface area contributed by atoms with Crippen molar-refractivity contribution < 1.29 is 9.53 Å². The minimum atomic E-state index is -0.310. The van der Waals surface area contributed by atoms with E-state index in [0.29, 0.717) is 6.61 Å². The number of benzene rings is 1. The van der Waals surface area contributed by atoms with Crippen molar-refractivity contribution >= 4 is 12.0 Å². The van der Waals surface area contributed by atoms with Crippen molar-refractivity contribution in [3.63, 3.8) is 0 Å². The van der Waals surface area contributed by atoms with Crippen LogP contribution in [0.15, 0.2) is 48.6 Å². The van der Waals surface area contributed by atoms with Crippen molar-refractivity contribution in [1.82, 2.24) is 0 Å². The van der Waals surface area contributed by atoms with Crippen molar-refractivity contribution in [1.29, 1.82) is 0 Å². The summed E-state index contributed by atoms with van der Waals surface area (Å²) in [6, 6.07) is 9.87. The minimum absolute atomic E-state index is 0.304. The van der Waals surface area contributed by atoms with Crippen LogP contribution >= 0.6 is 0 Å². The van der Waals surface area contributed by atoms with Gasteiger partial charge in [-0.2, -0.15) is 0 Å². The second kappa shape index (κ2) is 6.60. The number of allylic oxidation sites excluding steroid dienone is 1. The highest BCUT2D eigenvalue weighted by molar-refractivity contribution is 5.81. The lowest BCUT2D eigenvalue weighted by Gasteiger charge is -1.95. The highest BCUT2D eigenvalue weighted by atomic mass is 16.5. The Bertz CT molecular complexity index is 350. The van der Waals surface area contributed by atoms with Crippen LogP contribution in [0, 0.1) is 0 Å². The molecule has 78 valence electrons. The summed E-state index contributed by atoms with van der Waals surface area (Å²) >= 11 is 0. The molecule has 0 bridgehead atoms. The molecule has 2 heteroatoms. The molecule has 0 unspecified atom stereocenters. The highest BCUT2D eigenvalue weighted by Gasteiger charge is 1.91. The van der Waals surface area contributed by atoms with Gasteiger partial charge in [0.05, 0.1) is 0 Å². The Balaban J connectivity index is 2.32. The van der Waals surface area contributed by atoms with Crippen LogP contribution in [0.25, 0.3) is 6.08 Å². The molecule has 0 radical (unpaired) electrons. The summed E-state index contributed by atoms with van der Waals surface area (Å²) in [4.78, 5) is 10.9. The van der Waals surface area contributed by atoms with E-state index >= 15 is 0 Å². The third-order valence-electron chi connectivity index (χ3n) is 1.73. The van der Waals surface area contributed by atoms with E-state index < -0.39 is 0 Å². The molecule has 0 N–H and O–H groups in total. The van der Waals surface area contributed by atoms with E-state index in [0.717, 1.165) is 5.56 Å². The number of esters is 1. The predicted octanol–water partition coefficient (Wildman–Crippen LogP) is 2.82. The summed E-state index contributed by atoms with van der Waals surface area (Å²) in [5.74, 6) is -0.310. The van der Waals surface area contributed by atoms with Crippen LogP contribution in [-0.4, -0.2) is 12.6 Å². The smallest absolute Gasteiger partial charge is 0.330 e. The summed E-state index contributed by atoms with van der Waals surface area (Å²) in [7, 11) is 0. The molecule has 0 aliphatic heterocycles. The van der Waals surface area contributed by atoms with Crippen LogP contribution in [-0.2, 0) is 9.53 Å². The first kappa shape index (κ1) is 11.2. The summed E-state index contributed by atoms with van der Waals surface area (Å²) in [6.45, 7) is 2.08. The van der Waals surface area contributed by atoms with Gasteiger partial charge in [-0.05, 0) is 18.6 Å². The average Bonchev–Trinajstić information content (AvgIpc) is 2.26. The number of hydrogen-bond acceptors (Lipinski definition) is 2. The lowest BCUT2D eigenvalue weighted by molar-refractivity contribution is -0.136. The third kappa shape index (κ3) is 4.81. The van der Waals surface area contributed by atoms with Gasteiger partial charge in [-0.1, -0.05) is 42.5 Å². The third-order valence-corrected chi connectivity index (χ3v) is 1.73. The lowest BCUT2D eigenvalue weighted by atomic mass is 10.2. The number of rotatable bonds is 4. The molecular weight excluding hydrogens is 188 g/mol. The van der Waals surface area contributed by atoms with Crippen molar-refractivity contribution in [3.05, 3.63) is 54.1 Å². The molecule has 0 aliphatic rings. The summed E-state index contributed by atoms with van der Waals surface area (Å²) < 4.78 is 4.89. The molecule has 0 amide bonds. The zero-order valence-corrected chi connectivity index (χ0v) is 8.72. The molecule has 15 heavy (non-hydrogen) atoms.